The first-order valence-electron chi connectivity index (χ1n) is 5.25. The Bertz CT molecular complexity index is 488. The highest BCUT2D eigenvalue weighted by molar-refractivity contribution is 7.90. The van der Waals surface area contributed by atoms with Crippen LogP contribution >= 0.6 is 11.6 Å². The first kappa shape index (κ1) is 14.3. The monoisotopic (exact) mass is 276 g/mol. The predicted octanol–water partition coefficient (Wildman–Crippen LogP) is 1.61. The third-order valence-electron chi connectivity index (χ3n) is 2.51. The van der Waals surface area contributed by atoms with Crippen LogP contribution in [0.3, 0.4) is 0 Å². The molecule has 0 aliphatic heterocycles. The van der Waals surface area contributed by atoms with Gasteiger partial charge in [0.15, 0.2) is 0 Å². The standard InChI is InChI=1S/C11H17ClN2O2S/c1-9-10(8-12)4-5-11(13-9)14(2)6-7-17(3,15)16/h4-5H,6-8H2,1-3H3. The summed E-state index contributed by atoms with van der Waals surface area (Å²) in [5.74, 6) is 1.33. The van der Waals surface area contributed by atoms with E-state index in [-0.39, 0.29) is 5.75 Å². The molecule has 0 aliphatic carbocycles. The normalized spacial score (nSPS) is 11.5. The lowest BCUT2D eigenvalue weighted by atomic mass is 10.2. The number of hydrogen-bond acceptors (Lipinski definition) is 4. The van der Waals surface area contributed by atoms with Crippen molar-refractivity contribution in [2.45, 2.75) is 12.8 Å². The molecule has 0 N–H and O–H groups in total. The third-order valence-corrected chi connectivity index (χ3v) is 3.73. The van der Waals surface area contributed by atoms with Crippen molar-refractivity contribution in [3.63, 3.8) is 0 Å². The van der Waals surface area contributed by atoms with E-state index in [1.807, 2.05) is 31.0 Å². The molecule has 0 aromatic carbocycles. The smallest absolute Gasteiger partial charge is 0.149 e. The molecule has 0 saturated heterocycles. The van der Waals surface area contributed by atoms with Crippen molar-refractivity contribution in [3.05, 3.63) is 23.4 Å². The fourth-order valence-electron chi connectivity index (χ4n) is 1.35. The number of halogens is 1. The van der Waals surface area contributed by atoms with Crippen LogP contribution in [0.4, 0.5) is 5.82 Å². The molecule has 17 heavy (non-hydrogen) atoms. The highest BCUT2D eigenvalue weighted by atomic mass is 35.5. The van der Waals surface area contributed by atoms with Crippen LogP contribution in [0.25, 0.3) is 0 Å². The van der Waals surface area contributed by atoms with Gasteiger partial charge in [-0.2, -0.15) is 0 Å². The van der Waals surface area contributed by atoms with Crippen LogP contribution in [0.2, 0.25) is 0 Å². The molecule has 96 valence electrons. The average Bonchev–Trinajstić information content (AvgIpc) is 2.24. The predicted molar refractivity (Wildman–Crippen MR) is 71.5 cm³/mol. The fraction of sp³-hybridized carbons (Fsp3) is 0.545. The maximum absolute atomic E-state index is 11.1. The van der Waals surface area contributed by atoms with Gasteiger partial charge in [0, 0.05) is 31.4 Å². The van der Waals surface area contributed by atoms with Crippen LogP contribution in [-0.4, -0.2) is 39.0 Å². The molecule has 0 bridgehead atoms. The second kappa shape index (κ2) is 5.69. The van der Waals surface area contributed by atoms with Crippen LogP contribution in [0.15, 0.2) is 12.1 Å². The summed E-state index contributed by atoms with van der Waals surface area (Å²) in [5.41, 5.74) is 1.87. The van der Waals surface area contributed by atoms with Gasteiger partial charge in [0.05, 0.1) is 5.75 Å². The summed E-state index contributed by atoms with van der Waals surface area (Å²) < 4.78 is 22.1. The second-order valence-electron chi connectivity index (χ2n) is 4.10. The topological polar surface area (TPSA) is 50.3 Å². The summed E-state index contributed by atoms with van der Waals surface area (Å²) in [6.45, 7) is 2.33. The molecule has 1 aromatic rings. The van der Waals surface area contributed by atoms with Crippen LogP contribution < -0.4 is 4.90 Å². The van der Waals surface area contributed by atoms with Gasteiger partial charge >= 0.3 is 0 Å². The summed E-state index contributed by atoms with van der Waals surface area (Å²) in [7, 11) is -1.11. The van der Waals surface area contributed by atoms with Gasteiger partial charge in [-0.15, -0.1) is 11.6 Å². The Balaban J connectivity index is 2.76. The van der Waals surface area contributed by atoms with Crippen molar-refractivity contribution >= 4 is 27.3 Å². The van der Waals surface area contributed by atoms with Gasteiger partial charge in [-0.3, -0.25) is 0 Å². The SMILES string of the molecule is Cc1nc(N(C)CCS(C)(=O)=O)ccc1CCl. The lowest BCUT2D eigenvalue weighted by Crippen LogP contribution is -2.25. The van der Waals surface area contributed by atoms with Crippen LogP contribution in [0.1, 0.15) is 11.3 Å². The van der Waals surface area contributed by atoms with Gasteiger partial charge in [0.25, 0.3) is 0 Å². The van der Waals surface area contributed by atoms with Crippen molar-refractivity contribution in [1.29, 1.82) is 0 Å². The average molecular weight is 277 g/mol. The summed E-state index contributed by atoms with van der Waals surface area (Å²) in [6.07, 6.45) is 1.23. The van der Waals surface area contributed by atoms with Crippen molar-refractivity contribution in [2.24, 2.45) is 0 Å². The molecule has 0 amide bonds. The third kappa shape index (κ3) is 4.52. The zero-order chi connectivity index (χ0) is 13.1. The lowest BCUT2D eigenvalue weighted by molar-refractivity contribution is 0.601. The van der Waals surface area contributed by atoms with Crippen LogP contribution in [-0.2, 0) is 15.7 Å². The number of aromatic nitrogens is 1. The minimum atomic E-state index is -2.94. The number of pyridine rings is 1. The molecule has 0 radical (unpaired) electrons. The highest BCUT2D eigenvalue weighted by Crippen LogP contribution is 2.15. The van der Waals surface area contributed by atoms with Gasteiger partial charge in [0.2, 0.25) is 0 Å². The van der Waals surface area contributed by atoms with Crippen molar-refractivity contribution < 1.29 is 8.42 Å². The van der Waals surface area contributed by atoms with E-state index in [9.17, 15) is 8.42 Å². The molecular weight excluding hydrogens is 260 g/mol. The molecule has 1 aromatic heterocycles. The molecule has 1 heterocycles. The molecular formula is C11H17ClN2O2S. The highest BCUT2D eigenvalue weighted by Gasteiger charge is 2.08. The lowest BCUT2D eigenvalue weighted by Gasteiger charge is -2.18. The van der Waals surface area contributed by atoms with Crippen LogP contribution in [0, 0.1) is 6.92 Å². The number of anilines is 1. The quantitative estimate of drug-likeness (QED) is 0.767. The van der Waals surface area contributed by atoms with E-state index in [0.29, 0.717) is 12.4 Å². The fourth-order valence-corrected chi connectivity index (χ4v) is 2.24. The van der Waals surface area contributed by atoms with Gasteiger partial charge in [0.1, 0.15) is 15.7 Å². The summed E-state index contributed by atoms with van der Waals surface area (Å²) in [6, 6.07) is 3.77. The van der Waals surface area contributed by atoms with Crippen molar-refractivity contribution in [2.75, 3.05) is 30.5 Å². The number of aryl methyl sites for hydroxylation is 1. The van der Waals surface area contributed by atoms with Gasteiger partial charge in [-0.25, -0.2) is 13.4 Å². The molecule has 6 heteroatoms. The largest absolute Gasteiger partial charge is 0.359 e. The molecule has 0 unspecified atom stereocenters. The molecule has 0 aliphatic rings. The summed E-state index contributed by atoms with van der Waals surface area (Å²) in [4.78, 5) is 6.22. The molecule has 4 nitrogen and oxygen atoms in total. The van der Waals surface area contributed by atoms with E-state index in [1.54, 1.807) is 0 Å². The zero-order valence-electron chi connectivity index (χ0n) is 10.3. The second-order valence-corrected chi connectivity index (χ2v) is 6.63. The molecule has 0 atom stereocenters. The molecule has 0 spiro atoms. The van der Waals surface area contributed by atoms with E-state index in [4.69, 9.17) is 11.6 Å². The first-order valence-corrected chi connectivity index (χ1v) is 7.84. The van der Waals surface area contributed by atoms with E-state index in [2.05, 4.69) is 4.98 Å². The molecule has 0 saturated carbocycles. The molecule has 0 fully saturated rings. The Morgan fingerprint density at radius 1 is 1.41 bits per heavy atom. The maximum atomic E-state index is 11.1. The van der Waals surface area contributed by atoms with Crippen molar-refractivity contribution in [3.8, 4) is 0 Å². The first-order chi connectivity index (χ1) is 7.83. The number of hydrogen-bond donors (Lipinski definition) is 0. The summed E-state index contributed by atoms with van der Waals surface area (Å²) >= 11 is 5.75. The van der Waals surface area contributed by atoms with E-state index < -0.39 is 9.84 Å². The maximum Gasteiger partial charge on any atom is 0.149 e. The Kier molecular flexibility index (Phi) is 4.77. The zero-order valence-corrected chi connectivity index (χ0v) is 11.8. The number of rotatable bonds is 5. The van der Waals surface area contributed by atoms with E-state index in [0.717, 1.165) is 17.1 Å². The van der Waals surface area contributed by atoms with Crippen molar-refractivity contribution in [1.82, 2.24) is 4.98 Å². The van der Waals surface area contributed by atoms with Gasteiger partial charge in [-0.1, -0.05) is 6.07 Å². The number of sulfone groups is 1. The Labute approximate surface area is 108 Å². The minimum absolute atomic E-state index is 0.126. The Morgan fingerprint density at radius 2 is 2.06 bits per heavy atom. The minimum Gasteiger partial charge on any atom is -0.359 e. The van der Waals surface area contributed by atoms with Crippen LogP contribution in [0.5, 0.6) is 0 Å². The molecule has 1 rings (SSSR count). The van der Waals surface area contributed by atoms with Gasteiger partial charge in [-0.05, 0) is 18.6 Å². The Morgan fingerprint density at radius 3 is 2.53 bits per heavy atom. The number of alkyl halides is 1. The Hall–Kier alpha value is -0.810. The number of nitrogens with zero attached hydrogens (tertiary/aromatic N) is 2. The van der Waals surface area contributed by atoms with E-state index >= 15 is 0 Å². The van der Waals surface area contributed by atoms with E-state index in [1.165, 1.54) is 6.26 Å². The summed E-state index contributed by atoms with van der Waals surface area (Å²) in [5, 5.41) is 0. The van der Waals surface area contributed by atoms with Gasteiger partial charge < -0.3 is 4.90 Å².